The van der Waals surface area contributed by atoms with Crippen molar-refractivity contribution in [1.29, 1.82) is 0 Å². The lowest BCUT2D eigenvalue weighted by molar-refractivity contribution is -0.401. The molecule has 5 rings (SSSR count). The van der Waals surface area contributed by atoms with E-state index in [1.54, 1.807) is 0 Å². The average molecular weight is 470 g/mol. The summed E-state index contributed by atoms with van der Waals surface area (Å²) in [7, 11) is 4.33. The van der Waals surface area contributed by atoms with Gasteiger partial charge < -0.3 is 4.90 Å². The summed E-state index contributed by atoms with van der Waals surface area (Å²) in [6.07, 6.45) is 12.2. The summed E-state index contributed by atoms with van der Waals surface area (Å²) in [6.45, 7) is 6.90. The predicted molar refractivity (Wildman–Crippen MR) is 146 cm³/mol. The molecule has 0 bridgehead atoms. The second kappa shape index (κ2) is 8.74. The molecule has 1 unspecified atom stereocenters. The van der Waals surface area contributed by atoms with E-state index in [4.69, 9.17) is 11.6 Å². The Morgan fingerprint density at radius 2 is 1.74 bits per heavy atom. The molecule has 0 aromatic heterocycles. The first kappa shape index (κ1) is 22.9. The van der Waals surface area contributed by atoms with E-state index in [2.05, 4.69) is 117 Å². The molecule has 0 radical (unpaired) electrons. The summed E-state index contributed by atoms with van der Waals surface area (Å²) in [6, 6.07) is 17.4. The molecule has 2 heterocycles. The van der Waals surface area contributed by atoms with Crippen LogP contribution in [-0.4, -0.2) is 24.4 Å². The SMILES string of the molecule is CC1/C(=C\C=C2/CCCC(/C=C/C3=[N+](C)c4ccccc4C3(C)C)=C2Cl)N(C)c2ccccc21. The molecule has 2 aliphatic heterocycles. The molecule has 2 aromatic carbocycles. The summed E-state index contributed by atoms with van der Waals surface area (Å²) in [5.74, 6) is 0.391. The van der Waals surface area contributed by atoms with Crippen molar-refractivity contribution in [3.63, 3.8) is 0 Å². The summed E-state index contributed by atoms with van der Waals surface area (Å²) in [4.78, 5) is 2.31. The summed E-state index contributed by atoms with van der Waals surface area (Å²) in [5.41, 5.74) is 10.4. The number of likely N-dealkylation sites (N-methyl/N-ethyl adjacent to an activating group) is 1. The van der Waals surface area contributed by atoms with Crippen molar-refractivity contribution in [3.05, 3.63) is 106 Å². The third kappa shape index (κ3) is 3.69. The Balaban J connectivity index is 1.43. The molecule has 0 amide bonds. The van der Waals surface area contributed by atoms with Crippen molar-refractivity contribution in [2.45, 2.75) is 51.4 Å². The molecule has 0 fully saturated rings. The van der Waals surface area contributed by atoms with E-state index in [0.29, 0.717) is 5.92 Å². The highest BCUT2D eigenvalue weighted by Gasteiger charge is 2.42. The Morgan fingerprint density at radius 3 is 2.50 bits per heavy atom. The molecule has 2 nitrogen and oxygen atoms in total. The summed E-state index contributed by atoms with van der Waals surface area (Å²) in [5, 5.41) is 0.918. The molecule has 3 heteroatoms. The van der Waals surface area contributed by atoms with Crippen molar-refractivity contribution in [2.75, 3.05) is 19.0 Å². The molecule has 0 saturated heterocycles. The average Bonchev–Trinajstić information content (AvgIpc) is 3.19. The second-order valence-corrected chi connectivity index (χ2v) is 10.6. The molecular formula is C31H34ClN2+. The molecule has 1 aliphatic carbocycles. The zero-order chi connectivity index (χ0) is 24.0. The largest absolute Gasteiger partial charge is 0.347 e. The van der Waals surface area contributed by atoms with E-state index >= 15 is 0 Å². The number of allylic oxidation sites excluding steroid dienone is 8. The van der Waals surface area contributed by atoms with E-state index < -0.39 is 0 Å². The summed E-state index contributed by atoms with van der Waals surface area (Å²) < 4.78 is 2.32. The highest BCUT2D eigenvalue weighted by molar-refractivity contribution is 6.32. The van der Waals surface area contributed by atoms with Gasteiger partial charge in [-0.25, -0.2) is 0 Å². The van der Waals surface area contributed by atoms with E-state index in [1.165, 1.54) is 45.1 Å². The van der Waals surface area contributed by atoms with E-state index in [9.17, 15) is 0 Å². The summed E-state index contributed by atoms with van der Waals surface area (Å²) >= 11 is 6.97. The van der Waals surface area contributed by atoms with Gasteiger partial charge in [-0.2, -0.15) is 4.58 Å². The van der Waals surface area contributed by atoms with Gasteiger partial charge in [0, 0.05) is 47.1 Å². The number of nitrogens with zero attached hydrogens (tertiary/aromatic N) is 2. The van der Waals surface area contributed by atoms with Gasteiger partial charge in [-0.15, -0.1) is 0 Å². The lowest BCUT2D eigenvalue weighted by atomic mass is 9.81. The van der Waals surface area contributed by atoms with Crippen LogP contribution in [0.3, 0.4) is 0 Å². The van der Waals surface area contributed by atoms with Crippen LogP contribution >= 0.6 is 11.6 Å². The standard InChI is InChI=1S/C31H34ClN2/c1-21-24-13-6-8-15-27(24)33(4)26(21)19-17-22-11-10-12-23(30(22)32)18-20-29-31(2,3)25-14-7-9-16-28(25)34(29)5/h6-9,13-21H,10-12H2,1-5H3/q+1. The molecule has 0 N–H and O–H groups in total. The third-order valence-corrected chi connectivity index (χ3v) is 8.38. The third-order valence-electron chi connectivity index (χ3n) is 7.89. The highest BCUT2D eigenvalue weighted by Crippen LogP contribution is 2.43. The topological polar surface area (TPSA) is 6.25 Å². The van der Waals surface area contributed by atoms with Crippen LogP contribution in [0.2, 0.25) is 0 Å². The van der Waals surface area contributed by atoms with Gasteiger partial charge in [-0.1, -0.05) is 67.1 Å². The van der Waals surface area contributed by atoms with Crippen LogP contribution < -0.4 is 4.90 Å². The van der Waals surface area contributed by atoms with Crippen molar-refractivity contribution in [3.8, 4) is 0 Å². The smallest absolute Gasteiger partial charge is 0.209 e. The fraction of sp³-hybridized carbons (Fsp3) is 0.323. The number of hydrogen-bond donors (Lipinski definition) is 0. The Hall–Kier alpha value is -2.84. The minimum atomic E-state index is -0.0230. The fourth-order valence-electron chi connectivity index (χ4n) is 5.88. The van der Waals surface area contributed by atoms with E-state index in [1.807, 2.05) is 0 Å². The highest BCUT2D eigenvalue weighted by atomic mass is 35.5. The van der Waals surface area contributed by atoms with Crippen LogP contribution in [0, 0.1) is 0 Å². The van der Waals surface area contributed by atoms with Crippen molar-refractivity contribution in [2.24, 2.45) is 0 Å². The first-order chi connectivity index (χ1) is 16.3. The van der Waals surface area contributed by atoms with Crippen molar-refractivity contribution >= 4 is 28.7 Å². The number of para-hydroxylation sites is 2. The minimum absolute atomic E-state index is 0.0230. The fourth-order valence-corrected chi connectivity index (χ4v) is 6.19. The van der Waals surface area contributed by atoms with Gasteiger partial charge in [0.25, 0.3) is 0 Å². The molecule has 34 heavy (non-hydrogen) atoms. The molecule has 1 atom stereocenters. The van der Waals surface area contributed by atoms with Gasteiger partial charge >= 0.3 is 0 Å². The number of anilines is 1. The first-order valence-corrected chi connectivity index (χ1v) is 12.7. The zero-order valence-corrected chi connectivity index (χ0v) is 21.7. The number of fused-ring (bicyclic) bond motifs is 2. The molecule has 0 saturated carbocycles. The van der Waals surface area contributed by atoms with Crippen LogP contribution in [0.25, 0.3) is 0 Å². The number of rotatable bonds is 3. The Labute approximate surface area is 209 Å². The number of hydrogen-bond acceptors (Lipinski definition) is 1. The predicted octanol–water partition coefficient (Wildman–Crippen LogP) is 7.99. The van der Waals surface area contributed by atoms with Crippen molar-refractivity contribution < 1.29 is 4.58 Å². The van der Waals surface area contributed by atoms with Crippen LogP contribution in [0.5, 0.6) is 0 Å². The van der Waals surface area contributed by atoms with Crippen molar-refractivity contribution in [1.82, 2.24) is 0 Å². The molecule has 174 valence electrons. The Kier molecular flexibility index (Phi) is 5.90. The maximum absolute atomic E-state index is 6.97. The van der Waals surface area contributed by atoms with Gasteiger partial charge in [0.1, 0.15) is 7.05 Å². The van der Waals surface area contributed by atoms with Crippen LogP contribution in [0.4, 0.5) is 11.4 Å². The molecule has 2 aromatic rings. The second-order valence-electron chi connectivity index (χ2n) is 10.2. The van der Waals surface area contributed by atoms with E-state index in [-0.39, 0.29) is 5.41 Å². The van der Waals surface area contributed by atoms with Gasteiger partial charge in [0.15, 0.2) is 5.71 Å². The van der Waals surface area contributed by atoms with Crippen LogP contribution in [0.15, 0.2) is 94.7 Å². The van der Waals surface area contributed by atoms with Gasteiger partial charge in [-0.3, -0.25) is 0 Å². The lowest BCUT2D eigenvalue weighted by Gasteiger charge is -2.19. The Morgan fingerprint density at radius 1 is 1.00 bits per heavy atom. The van der Waals surface area contributed by atoms with Crippen LogP contribution in [-0.2, 0) is 5.41 Å². The van der Waals surface area contributed by atoms with Gasteiger partial charge in [0.05, 0.1) is 5.41 Å². The molecule has 3 aliphatic rings. The van der Waals surface area contributed by atoms with Gasteiger partial charge in [-0.05, 0) is 62.0 Å². The van der Waals surface area contributed by atoms with Crippen LogP contribution in [0.1, 0.15) is 57.1 Å². The van der Waals surface area contributed by atoms with E-state index in [0.717, 1.165) is 24.3 Å². The Bertz CT molecular complexity index is 1270. The van der Waals surface area contributed by atoms with Gasteiger partial charge in [0.2, 0.25) is 5.69 Å². The molecular weight excluding hydrogens is 436 g/mol. The maximum Gasteiger partial charge on any atom is 0.209 e. The minimum Gasteiger partial charge on any atom is -0.347 e. The lowest BCUT2D eigenvalue weighted by Crippen LogP contribution is -2.26. The normalized spacial score (nSPS) is 24.1. The number of benzene rings is 2. The first-order valence-electron chi connectivity index (χ1n) is 12.3. The molecule has 0 spiro atoms. The number of halogens is 1. The zero-order valence-electron chi connectivity index (χ0n) is 20.9. The maximum atomic E-state index is 6.97. The monoisotopic (exact) mass is 469 g/mol. The quantitative estimate of drug-likeness (QED) is 0.413.